The lowest BCUT2D eigenvalue weighted by molar-refractivity contribution is 0.0939. The van der Waals surface area contributed by atoms with Crippen LogP contribution in [-0.4, -0.2) is 10.9 Å². The van der Waals surface area contributed by atoms with Gasteiger partial charge in [-0.25, -0.2) is 0 Å². The summed E-state index contributed by atoms with van der Waals surface area (Å²) in [6, 6.07) is 0. The Bertz CT molecular complexity index is 214. The molecule has 0 aromatic carbocycles. The van der Waals surface area contributed by atoms with Crippen LogP contribution in [-0.2, 0) is 0 Å². The molecule has 1 aromatic rings. The highest BCUT2D eigenvalue weighted by molar-refractivity contribution is 5.96. The van der Waals surface area contributed by atoms with Crippen LogP contribution in [0, 0.1) is 5.92 Å². The van der Waals surface area contributed by atoms with Crippen molar-refractivity contribution < 1.29 is 9.32 Å². The minimum atomic E-state index is 0.0133. The van der Waals surface area contributed by atoms with Crippen molar-refractivity contribution in [2.45, 2.75) is 13.8 Å². The Kier molecular flexibility index (Phi) is 1.85. The van der Waals surface area contributed by atoms with Gasteiger partial charge in [0.1, 0.15) is 6.26 Å². The third-order valence-electron chi connectivity index (χ3n) is 1.24. The van der Waals surface area contributed by atoms with Gasteiger partial charge in [0.2, 0.25) is 0 Å². The Morgan fingerprint density at radius 3 is 2.80 bits per heavy atom. The summed E-state index contributed by atoms with van der Waals surface area (Å²) in [6.07, 6.45) is 2.80. The zero-order valence-electron chi connectivity index (χ0n) is 6.00. The maximum Gasteiger partial charge on any atom is 0.170 e. The lowest BCUT2D eigenvalue weighted by atomic mass is 10.1. The van der Waals surface area contributed by atoms with Gasteiger partial charge in [-0.1, -0.05) is 19.0 Å². The number of aromatic nitrogens is 1. The van der Waals surface area contributed by atoms with Crippen LogP contribution in [0.15, 0.2) is 17.0 Å². The first kappa shape index (κ1) is 6.99. The van der Waals surface area contributed by atoms with Gasteiger partial charge in [-0.15, -0.1) is 0 Å². The number of hydrogen-bond acceptors (Lipinski definition) is 3. The highest BCUT2D eigenvalue weighted by Crippen LogP contribution is 2.05. The van der Waals surface area contributed by atoms with E-state index in [0.717, 1.165) is 0 Å². The van der Waals surface area contributed by atoms with Crippen LogP contribution in [0.2, 0.25) is 0 Å². The molecule has 0 N–H and O–H groups in total. The van der Waals surface area contributed by atoms with E-state index in [1.165, 1.54) is 12.5 Å². The van der Waals surface area contributed by atoms with Crippen LogP contribution in [0.25, 0.3) is 0 Å². The summed E-state index contributed by atoms with van der Waals surface area (Å²) in [6.45, 7) is 3.69. The Balaban J connectivity index is 2.78. The lowest BCUT2D eigenvalue weighted by Crippen LogP contribution is -2.05. The fourth-order valence-electron chi connectivity index (χ4n) is 0.660. The smallest absolute Gasteiger partial charge is 0.170 e. The molecule has 10 heavy (non-hydrogen) atoms. The molecule has 0 radical (unpaired) electrons. The molecule has 0 fully saturated rings. The standard InChI is InChI=1S/C7H9NO2/c1-5(2)7(9)6-3-8-10-4-6/h3-5H,1-2H3. The van der Waals surface area contributed by atoms with E-state index in [0.29, 0.717) is 5.56 Å². The fraction of sp³-hybridized carbons (Fsp3) is 0.429. The molecule has 0 unspecified atom stereocenters. The molecule has 3 heteroatoms. The van der Waals surface area contributed by atoms with E-state index in [1.54, 1.807) is 0 Å². The van der Waals surface area contributed by atoms with Crippen molar-refractivity contribution in [1.82, 2.24) is 5.16 Å². The molecule has 1 heterocycles. The third kappa shape index (κ3) is 1.23. The lowest BCUT2D eigenvalue weighted by Gasteiger charge is -1.96. The zero-order valence-corrected chi connectivity index (χ0v) is 6.00. The minimum absolute atomic E-state index is 0.0133. The molecule has 0 spiro atoms. The molecule has 1 aromatic heterocycles. The van der Waals surface area contributed by atoms with E-state index in [2.05, 4.69) is 9.68 Å². The molecule has 3 nitrogen and oxygen atoms in total. The Labute approximate surface area is 59.0 Å². The second-order valence-electron chi connectivity index (χ2n) is 2.43. The topological polar surface area (TPSA) is 43.1 Å². The van der Waals surface area contributed by atoms with E-state index in [1.807, 2.05) is 13.8 Å². The minimum Gasteiger partial charge on any atom is -0.364 e. The van der Waals surface area contributed by atoms with Gasteiger partial charge in [0.05, 0.1) is 11.8 Å². The van der Waals surface area contributed by atoms with Gasteiger partial charge >= 0.3 is 0 Å². The predicted molar refractivity (Wildman–Crippen MR) is 35.7 cm³/mol. The normalized spacial score (nSPS) is 10.3. The van der Waals surface area contributed by atoms with Gasteiger partial charge in [-0.05, 0) is 0 Å². The highest BCUT2D eigenvalue weighted by Gasteiger charge is 2.11. The van der Waals surface area contributed by atoms with Crippen LogP contribution >= 0.6 is 0 Å². The van der Waals surface area contributed by atoms with Crippen LogP contribution < -0.4 is 0 Å². The number of rotatable bonds is 2. The summed E-state index contributed by atoms with van der Waals surface area (Å²) in [7, 11) is 0. The summed E-state index contributed by atoms with van der Waals surface area (Å²) in [4.78, 5) is 11.1. The SMILES string of the molecule is CC(C)C(=O)c1cnoc1. The maximum atomic E-state index is 11.1. The van der Waals surface area contributed by atoms with Gasteiger partial charge in [-0.2, -0.15) is 0 Å². The number of hydrogen-bond donors (Lipinski definition) is 0. The molecule has 0 aliphatic carbocycles. The molecule has 0 atom stereocenters. The number of ketones is 1. The van der Waals surface area contributed by atoms with Crippen LogP contribution in [0.1, 0.15) is 24.2 Å². The Morgan fingerprint density at radius 2 is 2.40 bits per heavy atom. The van der Waals surface area contributed by atoms with Crippen molar-refractivity contribution in [3.8, 4) is 0 Å². The Hall–Kier alpha value is -1.12. The molecule has 0 amide bonds. The van der Waals surface area contributed by atoms with Crippen molar-refractivity contribution in [3.63, 3.8) is 0 Å². The van der Waals surface area contributed by atoms with Gasteiger partial charge in [0.25, 0.3) is 0 Å². The Morgan fingerprint density at radius 1 is 1.70 bits per heavy atom. The summed E-state index contributed by atoms with van der Waals surface area (Å²) in [5.74, 6) is 0.0839. The molecule has 0 bridgehead atoms. The third-order valence-corrected chi connectivity index (χ3v) is 1.24. The number of Topliss-reactive ketones (excluding diaryl/α,β-unsaturated/α-hetero) is 1. The van der Waals surface area contributed by atoms with Gasteiger partial charge in [0, 0.05) is 5.92 Å². The zero-order chi connectivity index (χ0) is 7.56. The molecule has 0 saturated heterocycles. The second kappa shape index (κ2) is 2.64. The van der Waals surface area contributed by atoms with E-state index in [4.69, 9.17) is 0 Å². The average molecular weight is 139 g/mol. The van der Waals surface area contributed by atoms with Crippen molar-refractivity contribution >= 4 is 5.78 Å². The number of carbonyl (C=O) groups excluding carboxylic acids is 1. The summed E-state index contributed by atoms with van der Waals surface area (Å²) in [5.41, 5.74) is 0.551. The van der Waals surface area contributed by atoms with Gasteiger partial charge in [0.15, 0.2) is 5.78 Å². The first-order valence-electron chi connectivity index (χ1n) is 3.15. The number of nitrogens with zero attached hydrogens (tertiary/aromatic N) is 1. The largest absolute Gasteiger partial charge is 0.364 e. The van der Waals surface area contributed by atoms with E-state index in [-0.39, 0.29) is 11.7 Å². The summed E-state index contributed by atoms with van der Waals surface area (Å²) < 4.78 is 4.51. The average Bonchev–Trinajstić information content (AvgIpc) is 2.36. The van der Waals surface area contributed by atoms with E-state index >= 15 is 0 Å². The predicted octanol–water partition coefficient (Wildman–Crippen LogP) is 1.51. The van der Waals surface area contributed by atoms with Crippen LogP contribution in [0.3, 0.4) is 0 Å². The van der Waals surface area contributed by atoms with Crippen LogP contribution in [0.4, 0.5) is 0 Å². The fourth-order valence-corrected chi connectivity index (χ4v) is 0.660. The maximum absolute atomic E-state index is 11.1. The van der Waals surface area contributed by atoms with Crippen molar-refractivity contribution in [2.75, 3.05) is 0 Å². The first-order valence-corrected chi connectivity index (χ1v) is 3.15. The summed E-state index contributed by atoms with van der Waals surface area (Å²) >= 11 is 0. The number of carbonyl (C=O) groups is 1. The van der Waals surface area contributed by atoms with E-state index < -0.39 is 0 Å². The van der Waals surface area contributed by atoms with Crippen LogP contribution in [0.5, 0.6) is 0 Å². The quantitative estimate of drug-likeness (QED) is 0.583. The highest BCUT2D eigenvalue weighted by atomic mass is 16.5. The van der Waals surface area contributed by atoms with E-state index in [9.17, 15) is 4.79 Å². The van der Waals surface area contributed by atoms with Gasteiger partial charge in [-0.3, -0.25) is 4.79 Å². The molecule has 0 saturated carbocycles. The van der Waals surface area contributed by atoms with Gasteiger partial charge < -0.3 is 4.52 Å². The second-order valence-corrected chi connectivity index (χ2v) is 2.43. The molecule has 0 aliphatic heterocycles. The summed E-state index contributed by atoms with van der Waals surface area (Å²) in [5, 5.41) is 3.43. The first-order chi connectivity index (χ1) is 4.72. The molecule has 1 rings (SSSR count). The van der Waals surface area contributed by atoms with Crippen molar-refractivity contribution in [3.05, 3.63) is 18.0 Å². The molecule has 0 aliphatic rings. The monoisotopic (exact) mass is 139 g/mol. The molecule has 54 valence electrons. The molecular weight excluding hydrogens is 130 g/mol. The molecular formula is C7H9NO2. The van der Waals surface area contributed by atoms with Crippen molar-refractivity contribution in [1.29, 1.82) is 0 Å². The van der Waals surface area contributed by atoms with Crippen molar-refractivity contribution in [2.24, 2.45) is 5.92 Å².